The predicted octanol–water partition coefficient (Wildman–Crippen LogP) is 10.6. The lowest BCUT2D eigenvalue weighted by Crippen LogP contribution is -2.57. The zero-order valence-electron chi connectivity index (χ0n) is 23.3. The van der Waals surface area contributed by atoms with Gasteiger partial charge in [-0.3, -0.25) is 0 Å². The fourth-order valence-electron chi connectivity index (χ4n) is 6.08. The number of hydrogen-bond donors (Lipinski definition) is 0. The number of quaternary nitrogens is 1. The Morgan fingerprint density at radius 2 is 1.12 bits per heavy atom. The van der Waals surface area contributed by atoms with Crippen LogP contribution >= 0.6 is 15.9 Å². The normalized spacial score (nSPS) is 12.5. The number of halogens is 1. The van der Waals surface area contributed by atoms with Crippen molar-refractivity contribution in [2.45, 2.75) is 142 Å². The average Bonchev–Trinajstić information content (AvgIpc) is 2.80. The Balaban J connectivity index is 2.38. The Kier molecular flexibility index (Phi) is 15.9. The third-order valence-corrected chi connectivity index (χ3v) is 9.12. The third kappa shape index (κ3) is 9.67. The van der Waals surface area contributed by atoms with Crippen LogP contribution in [0.1, 0.15) is 142 Å². The van der Waals surface area contributed by atoms with Gasteiger partial charge in [-0.15, -0.1) is 0 Å². The molecule has 0 unspecified atom stereocenters. The molecule has 0 aliphatic heterocycles. The van der Waals surface area contributed by atoms with Gasteiger partial charge in [-0.2, -0.15) is 0 Å². The Hall–Kier alpha value is -0.340. The predicted molar refractivity (Wildman–Crippen MR) is 153 cm³/mol. The monoisotopic (exact) mass is 522 g/mol. The minimum absolute atomic E-state index is 0.200. The van der Waals surface area contributed by atoms with Crippen molar-refractivity contribution in [2.24, 2.45) is 0 Å². The van der Waals surface area contributed by atoms with E-state index in [0.717, 1.165) is 10.9 Å². The summed E-state index contributed by atoms with van der Waals surface area (Å²) in [6.07, 6.45) is 23.5. The van der Waals surface area contributed by atoms with Crippen molar-refractivity contribution in [3.05, 3.63) is 33.8 Å². The molecule has 0 spiro atoms. The van der Waals surface area contributed by atoms with E-state index >= 15 is 0 Å². The molecule has 1 nitrogen and oxygen atoms in total. The van der Waals surface area contributed by atoms with Gasteiger partial charge in [0.05, 0.1) is 20.6 Å². The highest BCUT2D eigenvalue weighted by Crippen LogP contribution is 2.43. The molecule has 0 radical (unpaired) electrons. The van der Waals surface area contributed by atoms with E-state index in [4.69, 9.17) is 0 Å². The first-order valence-electron chi connectivity index (χ1n) is 14.5. The smallest absolute Gasteiger partial charge is 0.124 e. The Morgan fingerprint density at radius 3 is 1.55 bits per heavy atom. The van der Waals surface area contributed by atoms with Gasteiger partial charge in [0.1, 0.15) is 5.54 Å². The second-order valence-electron chi connectivity index (χ2n) is 10.9. The number of unbranched alkanes of at least 4 members (excludes halogenated alkanes) is 13. The molecule has 0 saturated carbocycles. The lowest BCUT2D eigenvalue weighted by Gasteiger charge is -2.49. The minimum atomic E-state index is 0.200. The Morgan fingerprint density at radius 1 is 0.667 bits per heavy atom. The van der Waals surface area contributed by atoms with Crippen LogP contribution in [-0.2, 0) is 12.0 Å². The standard InChI is InChI=1S/C31H57BrN/c1-7-11-12-13-14-15-16-17-18-19-20-21-22-23-27-33(5,6)31(9-3,10-4)29-25-24-26-30(32)28(29)8-2/h24-26H,7-23,27H2,1-6H3/q+1. The quantitative estimate of drug-likeness (QED) is 0.118. The van der Waals surface area contributed by atoms with Crippen LogP contribution in [0.4, 0.5) is 0 Å². The molecule has 1 aromatic rings. The van der Waals surface area contributed by atoms with E-state index in [1.54, 1.807) is 5.56 Å². The molecule has 0 aliphatic rings. The Bertz CT molecular complexity index is 617. The topological polar surface area (TPSA) is 0 Å². The number of rotatable bonds is 20. The van der Waals surface area contributed by atoms with Gasteiger partial charge < -0.3 is 4.48 Å². The molecule has 1 rings (SSSR count). The van der Waals surface area contributed by atoms with Crippen LogP contribution in [-0.4, -0.2) is 25.1 Å². The molecule has 0 heterocycles. The summed E-state index contributed by atoms with van der Waals surface area (Å²) in [7, 11) is 4.96. The first-order chi connectivity index (χ1) is 15.9. The maximum Gasteiger partial charge on any atom is 0.124 e. The van der Waals surface area contributed by atoms with Crippen LogP contribution < -0.4 is 0 Å². The van der Waals surface area contributed by atoms with Crippen molar-refractivity contribution in [3.8, 4) is 0 Å². The zero-order chi connectivity index (χ0) is 24.6. The van der Waals surface area contributed by atoms with Gasteiger partial charge in [0, 0.05) is 22.9 Å². The first kappa shape index (κ1) is 30.7. The van der Waals surface area contributed by atoms with E-state index in [1.165, 1.54) is 119 Å². The molecular weight excluding hydrogens is 466 g/mol. The molecule has 33 heavy (non-hydrogen) atoms. The summed E-state index contributed by atoms with van der Waals surface area (Å²) in [6, 6.07) is 6.86. The highest BCUT2D eigenvalue weighted by molar-refractivity contribution is 9.10. The molecule has 0 saturated heterocycles. The van der Waals surface area contributed by atoms with Crippen molar-refractivity contribution in [1.82, 2.24) is 0 Å². The molecule has 0 atom stereocenters. The van der Waals surface area contributed by atoms with Gasteiger partial charge in [-0.05, 0) is 30.9 Å². The molecule has 0 bridgehead atoms. The van der Waals surface area contributed by atoms with Gasteiger partial charge in [-0.1, -0.05) is 133 Å². The highest BCUT2D eigenvalue weighted by atomic mass is 79.9. The van der Waals surface area contributed by atoms with Crippen LogP contribution in [0.5, 0.6) is 0 Å². The zero-order valence-corrected chi connectivity index (χ0v) is 24.9. The van der Waals surface area contributed by atoms with Crippen molar-refractivity contribution in [1.29, 1.82) is 0 Å². The average molecular weight is 524 g/mol. The van der Waals surface area contributed by atoms with Crippen LogP contribution in [0, 0.1) is 0 Å². The molecule has 0 aromatic heterocycles. The fraction of sp³-hybridized carbons (Fsp3) is 0.806. The van der Waals surface area contributed by atoms with Crippen molar-refractivity contribution >= 4 is 15.9 Å². The number of hydrogen-bond acceptors (Lipinski definition) is 0. The lowest BCUT2D eigenvalue weighted by atomic mass is 9.78. The highest BCUT2D eigenvalue weighted by Gasteiger charge is 2.45. The number of benzene rings is 1. The molecule has 0 amide bonds. The van der Waals surface area contributed by atoms with Crippen molar-refractivity contribution < 1.29 is 4.48 Å². The molecule has 192 valence electrons. The third-order valence-electron chi connectivity index (χ3n) is 8.37. The van der Waals surface area contributed by atoms with Crippen LogP contribution in [0.3, 0.4) is 0 Å². The molecule has 0 fully saturated rings. The molecule has 1 aromatic carbocycles. The molecule has 2 heteroatoms. The van der Waals surface area contributed by atoms with E-state index in [-0.39, 0.29) is 5.54 Å². The first-order valence-corrected chi connectivity index (χ1v) is 15.3. The largest absolute Gasteiger partial charge is 0.320 e. The summed E-state index contributed by atoms with van der Waals surface area (Å²) < 4.78 is 2.38. The van der Waals surface area contributed by atoms with Crippen LogP contribution in [0.25, 0.3) is 0 Å². The van der Waals surface area contributed by atoms with Gasteiger partial charge in [0.25, 0.3) is 0 Å². The minimum Gasteiger partial charge on any atom is -0.320 e. The van der Waals surface area contributed by atoms with Gasteiger partial charge in [0.2, 0.25) is 0 Å². The molecular formula is C31H57BrN+. The van der Waals surface area contributed by atoms with Gasteiger partial charge >= 0.3 is 0 Å². The Labute approximate surface area is 216 Å². The molecule has 0 N–H and O–H groups in total. The van der Waals surface area contributed by atoms with Crippen molar-refractivity contribution in [3.63, 3.8) is 0 Å². The lowest BCUT2D eigenvalue weighted by molar-refractivity contribution is -0.951. The van der Waals surface area contributed by atoms with Crippen LogP contribution in [0.2, 0.25) is 0 Å². The van der Waals surface area contributed by atoms with E-state index < -0.39 is 0 Å². The number of nitrogens with zero attached hydrogens (tertiary/aromatic N) is 1. The second kappa shape index (κ2) is 17.1. The van der Waals surface area contributed by atoms with E-state index in [1.807, 2.05) is 0 Å². The maximum atomic E-state index is 3.84. The van der Waals surface area contributed by atoms with Crippen molar-refractivity contribution in [2.75, 3.05) is 20.6 Å². The SMILES string of the molecule is CCCCCCCCCCCCCCCC[N+](C)(C)C(CC)(CC)c1cccc(Br)c1CC. The van der Waals surface area contributed by atoms with Gasteiger partial charge in [-0.25, -0.2) is 0 Å². The van der Waals surface area contributed by atoms with E-state index in [2.05, 4.69) is 75.9 Å². The summed E-state index contributed by atoms with van der Waals surface area (Å²) in [5.74, 6) is 0. The summed E-state index contributed by atoms with van der Waals surface area (Å²) >= 11 is 3.84. The summed E-state index contributed by atoms with van der Waals surface area (Å²) in [5.41, 5.74) is 3.28. The summed E-state index contributed by atoms with van der Waals surface area (Å²) in [5, 5.41) is 0. The van der Waals surface area contributed by atoms with Gasteiger partial charge in [0.15, 0.2) is 0 Å². The van der Waals surface area contributed by atoms with E-state index in [9.17, 15) is 0 Å². The second-order valence-corrected chi connectivity index (χ2v) is 11.7. The molecule has 0 aliphatic carbocycles. The fourth-order valence-corrected chi connectivity index (χ4v) is 6.73. The van der Waals surface area contributed by atoms with Crippen LogP contribution in [0.15, 0.2) is 22.7 Å². The maximum absolute atomic E-state index is 3.84. The summed E-state index contributed by atoms with van der Waals surface area (Å²) in [4.78, 5) is 0. The summed E-state index contributed by atoms with van der Waals surface area (Å²) in [6.45, 7) is 10.7. The van der Waals surface area contributed by atoms with E-state index in [0.29, 0.717) is 0 Å².